The van der Waals surface area contributed by atoms with Crippen molar-refractivity contribution in [2.75, 3.05) is 12.9 Å². The second-order valence-corrected chi connectivity index (χ2v) is 10.1. The van der Waals surface area contributed by atoms with Crippen molar-refractivity contribution < 1.29 is 13.2 Å². The molecule has 3 unspecified atom stereocenters. The largest absolute Gasteiger partial charge is 0.388 e. The van der Waals surface area contributed by atoms with Gasteiger partial charge in [-0.2, -0.15) is 0 Å². The van der Waals surface area contributed by atoms with Crippen LogP contribution in [0.2, 0.25) is 0 Å². The van der Waals surface area contributed by atoms with E-state index in [1.165, 1.54) is 11.8 Å². The first-order chi connectivity index (χ1) is 13.8. The monoisotopic (exact) mass is 422 g/mol. The minimum absolute atomic E-state index is 0.0972. The van der Waals surface area contributed by atoms with Gasteiger partial charge in [0, 0.05) is 12.1 Å². The van der Waals surface area contributed by atoms with Crippen LogP contribution in [0.5, 0.6) is 0 Å². The third kappa shape index (κ3) is 7.06. The van der Waals surface area contributed by atoms with E-state index in [4.69, 9.17) is 10.5 Å². The lowest BCUT2D eigenvalue weighted by Crippen LogP contribution is -2.58. The second-order valence-electron chi connectivity index (χ2n) is 8.35. The first-order valence-corrected chi connectivity index (χ1v) is 12.4. The molecule has 0 aromatic heterocycles. The molecule has 0 spiro atoms. The fourth-order valence-corrected chi connectivity index (χ4v) is 5.27. The summed E-state index contributed by atoms with van der Waals surface area (Å²) in [5, 5.41) is 3.41. The van der Waals surface area contributed by atoms with Gasteiger partial charge in [-0.3, -0.25) is 10.3 Å². The highest BCUT2D eigenvalue weighted by atomic mass is 32.2. The van der Waals surface area contributed by atoms with Crippen molar-refractivity contribution in [3.8, 4) is 0 Å². The number of piperidine rings is 1. The molecule has 1 aliphatic heterocycles. The van der Waals surface area contributed by atoms with Gasteiger partial charge in [0.05, 0.1) is 24.8 Å². The minimum Gasteiger partial charge on any atom is -0.388 e. The van der Waals surface area contributed by atoms with Crippen LogP contribution in [0.4, 0.5) is 0 Å². The predicted molar refractivity (Wildman–Crippen MR) is 116 cm³/mol. The van der Waals surface area contributed by atoms with Crippen molar-refractivity contribution in [2.45, 2.75) is 75.7 Å². The molecule has 2 aliphatic rings. The van der Waals surface area contributed by atoms with Crippen molar-refractivity contribution >= 4 is 15.9 Å². The fraction of sp³-hybridized carbons (Fsp3) is 0.667. The van der Waals surface area contributed by atoms with Crippen LogP contribution in [0.15, 0.2) is 35.3 Å². The molecule has 8 heteroatoms. The Morgan fingerprint density at radius 1 is 1.17 bits per heavy atom. The summed E-state index contributed by atoms with van der Waals surface area (Å²) < 4.78 is 32.5. The zero-order valence-corrected chi connectivity index (χ0v) is 18.2. The average Bonchev–Trinajstić information content (AvgIpc) is 2.67. The van der Waals surface area contributed by atoms with Gasteiger partial charge in [0.15, 0.2) is 0 Å². The van der Waals surface area contributed by atoms with Crippen LogP contribution in [0, 0.1) is 0 Å². The molecular formula is C21H34N4O3S. The van der Waals surface area contributed by atoms with Gasteiger partial charge >= 0.3 is 0 Å². The molecule has 3 rings (SSSR count). The van der Waals surface area contributed by atoms with Crippen LogP contribution in [0.1, 0.15) is 56.9 Å². The Labute approximate surface area is 174 Å². The lowest BCUT2D eigenvalue weighted by molar-refractivity contribution is 0.00221. The lowest BCUT2D eigenvalue weighted by atomic mass is 9.83. The molecule has 3 atom stereocenters. The van der Waals surface area contributed by atoms with E-state index < -0.39 is 10.0 Å². The Kier molecular flexibility index (Phi) is 7.67. The first kappa shape index (κ1) is 22.2. The predicted octanol–water partition coefficient (Wildman–Crippen LogP) is 2.10. The van der Waals surface area contributed by atoms with Gasteiger partial charge in [-0.05, 0) is 56.9 Å². The molecule has 1 saturated carbocycles. The summed E-state index contributed by atoms with van der Waals surface area (Å²) in [6, 6.07) is 10.3. The molecule has 29 heavy (non-hydrogen) atoms. The Bertz CT molecular complexity index is 772. The summed E-state index contributed by atoms with van der Waals surface area (Å²) in [4.78, 5) is 4.41. The summed E-state index contributed by atoms with van der Waals surface area (Å²) in [7, 11) is -3.28. The number of aliphatic imine (C=N–C) groups is 1. The maximum atomic E-state index is 11.8. The lowest BCUT2D eigenvalue weighted by Gasteiger charge is -2.37. The smallest absolute Gasteiger partial charge is 0.209 e. The minimum atomic E-state index is -3.28. The van der Waals surface area contributed by atoms with E-state index in [0.29, 0.717) is 24.8 Å². The van der Waals surface area contributed by atoms with Crippen molar-refractivity contribution in [1.82, 2.24) is 10.0 Å². The van der Waals surface area contributed by atoms with Gasteiger partial charge in [0.1, 0.15) is 6.17 Å². The van der Waals surface area contributed by atoms with Crippen LogP contribution < -0.4 is 15.8 Å². The second kappa shape index (κ2) is 10.0. The van der Waals surface area contributed by atoms with E-state index in [-0.39, 0.29) is 24.4 Å². The van der Waals surface area contributed by atoms with E-state index in [1.807, 2.05) is 0 Å². The maximum absolute atomic E-state index is 11.8. The van der Waals surface area contributed by atoms with Gasteiger partial charge < -0.3 is 10.5 Å². The molecular weight excluding hydrogens is 388 g/mol. The Balaban J connectivity index is 1.53. The SMILES string of the molecule is CC(N)=NC1CCC(NS(C)(=O)=O)C(COC2CCC(c3ccccc3)CC2)N1. The van der Waals surface area contributed by atoms with E-state index >= 15 is 0 Å². The van der Waals surface area contributed by atoms with Gasteiger partial charge in [0.2, 0.25) is 10.0 Å². The highest BCUT2D eigenvalue weighted by molar-refractivity contribution is 7.88. The van der Waals surface area contributed by atoms with Crippen LogP contribution in [0.25, 0.3) is 0 Å². The highest BCUT2D eigenvalue weighted by Crippen LogP contribution is 2.34. The summed E-state index contributed by atoms with van der Waals surface area (Å²) in [6.45, 7) is 2.22. The molecule has 0 amide bonds. The first-order valence-electron chi connectivity index (χ1n) is 10.5. The number of nitrogens with two attached hydrogens (primary N) is 1. The third-order valence-corrected chi connectivity index (χ3v) is 6.56. The number of benzene rings is 1. The molecule has 0 bridgehead atoms. The topological polar surface area (TPSA) is 106 Å². The summed E-state index contributed by atoms with van der Waals surface area (Å²) in [5.41, 5.74) is 7.14. The number of nitrogens with zero attached hydrogens (tertiary/aromatic N) is 1. The zero-order chi connectivity index (χ0) is 20.9. The number of nitrogens with one attached hydrogen (secondary N) is 2. The van der Waals surface area contributed by atoms with Gasteiger partial charge in [0.25, 0.3) is 0 Å². The van der Waals surface area contributed by atoms with E-state index in [1.54, 1.807) is 6.92 Å². The van der Waals surface area contributed by atoms with Crippen molar-refractivity contribution in [3.05, 3.63) is 35.9 Å². The number of amidine groups is 1. The zero-order valence-electron chi connectivity index (χ0n) is 17.4. The van der Waals surface area contributed by atoms with E-state index in [9.17, 15) is 8.42 Å². The normalized spacial score (nSPS) is 31.5. The molecule has 1 heterocycles. The summed E-state index contributed by atoms with van der Waals surface area (Å²) >= 11 is 0. The summed E-state index contributed by atoms with van der Waals surface area (Å²) in [5.74, 6) is 1.13. The van der Waals surface area contributed by atoms with Crippen molar-refractivity contribution in [3.63, 3.8) is 0 Å². The fourth-order valence-electron chi connectivity index (χ4n) is 4.44. The Morgan fingerprint density at radius 2 is 1.86 bits per heavy atom. The number of rotatable bonds is 7. The molecule has 1 aromatic rings. The van der Waals surface area contributed by atoms with E-state index in [2.05, 4.69) is 45.4 Å². The van der Waals surface area contributed by atoms with Crippen molar-refractivity contribution in [1.29, 1.82) is 0 Å². The average molecular weight is 423 g/mol. The van der Waals surface area contributed by atoms with Crippen molar-refractivity contribution in [2.24, 2.45) is 10.7 Å². The summed E-state index contributed by atoms with van der Waals surface area (Å²) in [6.07, 6.45) is 7.06. The van der Waals surface area contributed by atoms with E-state index in [0.717, 1.165) is 32.1 Å². The number of sulfonamides is 1. The van der Waals surface area contributed by atoms with Gasteiger partial charge in [-0.1, -0.05) is 30.3 Å². The molecule has 4 N–H and O–H groups in total. The van der Waals surface area contributed by atoms with Gasteiger partial charge in [-0.25, -0.2) is 13.1 Å². The molecule has 7 nitrogen and oxygen atoms in total. The molecule has 162 valence electrons. The molecule has 0 radical (unpaired) electrons. The molecule has 1 saturated heterocycles. The van der Waals surface area contributed by atoms with Crippen LogP contribution >= 0.6 is 0 Å². The standard InChI is InChI=1S/C21H34N4O3S/c1-15(22)23-21-13-12-19(25-29(2,26)27)20(24-21)14-28-18-10-8-17(9-11-18)16-6-4-3-5-7-16/h3-7,17-21,24-25H,8-14H2,1-2H3,(H2,22,23). The maximum Gasteiger partial charge on any atom is 0.209 e. The van der Waals surface area contributed by atoms with Crippen LogP contribution in [-0.4, -0.2) is 51.5 Å². The number of ether oxygens (including phenoxy) is 1. The Hall–Kier alpha value is -1.48. The van der Waals surface area contributed by atoms with Crippen LogP contribution in [0.3, 0.4) is 0 Å². The highest BCUT2D eigenvalue weighted by Gasteiger charge is 2.33. The molecule has 1 aliphatic carbocycles. The molecule has 2 fully saturated rings. The van der Waals surface area contributed by atoms with Crippen LogP contribution in [-0.2, 0) is 14.8 Å². The molecule has 1 aromatic carbocycles. The quantitative estimate of drug-likeness (QED) is 0.461. The Morgan fingerprint density at radius 3 is 2.48 bits per heavy atom. The number of hydrogen-bond acceptors (Lipinski definition) is 5. The van der Waals surface area contributed by atoms with Gasteiger partial charge in [-0.15, -0.1) is 0 Å². The number of hydrogen-bond donors (Lipinski definition) is 3. The third-order valence-electron chi connectivity index (χ3n) is 5.82.